The van der Waals surface area contributed by atoms with Crippen LogP contribution in [-0.4, -0.2) is 43.4 Å². The van der Waals surface area contributed by atoms with Crippen molar-refractivity contribution in [2.45, 2.75) is 39.2 Å². The number of thiophene rings is 1. The molecule has 1 atom stereocenters. The number of aromatic nitrogens is 1. The predicted octanol–water partition coefficient (Wildman–Crippen LogP) is 4.63. The molecule has 1 aliphatic heterocycles. The summed E-state index contributed by atoms with van der Waals surface area (Å²) in [6, 6.07) is 9.21. The smallest absolute Gasteiger partial charge is 0.343 e. The zero-order chi connectivity index (χ0) is 25.7. The maximum Gasteiger partial charge on any atom is 0.343 e. The molecule has 0 saturated carbocycles. The van der Waals surface area contributed by atoms with E-state index >= 15 is 0 Å². The molecular weight excluding hydrogens is 482 g/mol. The van der Waals surface area contributed by atoms with Crippen LogP contribution in [0.25, 0.3) is 11.3 Å². The van der Waals surface area contributed by atoms with Crippen molar-refractivity contribution in [1.29, 1.82) is 0 Å². The number of pyridine rings is 1. The molecule has 3 aromatic rings. The Morgan fingerprint density at radius 3 is 2.61 bits per heavy atom. The van der Waals surface area contributed by atoms with E-state index in [0.717, 1.165) is 16.0 Å². The Hall–Kier alpha value is -3.59. The maximum absolute atomic E-state index is 12.9. The van der Waals surface area contributed by atoms with Crippen LogP contribution in [0.3, 0.4) is 0 Å². The normalized spacial score (nSPS) is 13.9. The van der Waals surface area contributed by atoms with Gasteiger partial charge in [0.15, 0.2) is 16.9 Å². The molecule has 0 bridgehead atoms. The number of methoxy groups -OCH3 is 1. The first-order chi connectivity index (χ1) is 17.5. The Labute approximate surface area is 213 Å². The Morgan fingerprint density at radius 2 is 1.92 bits per heavy atom. The molecule has 0 aliphatic carbocycles. The fourth-order valence-corrected chi connectivity index (χ4v) is 5.15. The molecular formula is C27H29NO7S. The predicted molar refractivity (Wildman–Crippen MR) is 136 cm³/mol. The van der Waals surface area contributed by atoms with Crippen molar-refractivity contribution in [1.82, 2.24) is 4.57 Å². The van der Waals surface area contributed by atoms with E-state index in [1.807, 2.05) is 34.2 Å². The molecule has 1 unspecified atom stereocenters. The second-order valence-corrected chi connectivity index (χ2v) is 9.20. The van der Waals surface area contributed by atoms with E-state index in [2.05, 4.69) is 0 Å². The Balaban J connectivity index is 1.71. The summed E-state index contributed by atoms with van der Waals surface area (Å²) in [6.45, 7) is 4.37. The van der Waals surface area contributed by atoms with E-state index in [1.165, 1.54) is 6.07 Å². The Kier molecular flexibility index (Phi) is 8.10. The largest absolute Gasteiger partial charge is 0.493 e. The summed E-state index contributed by atoms with van der Waals surface area (Å²) in [5.41, 5.74) is 2.15. The number of carbonyl (C=O) groups is 2. The molecule has 3 heterocycles. The minimum absolute atomic E-state index is 0.0131. The number of nitrogens with zero attached hydrogens (tertiary/aromatic N) is 1. The molecule has 1 aromatic carbocycles. The lowest BCUT2D eigenvalue weighted by Crippen LogP contribution is -2.26. The minimum atomic E-state index is -0.627. The van der Waals surface area contributed by atoms with E-state index in [0.29, 0.717) is 43.2 Å². The number of benzene rings is 1. The number of fused-ring (bicyclic) bond motifs is 3. The molecule has 0 saturated heterocycles. The van der Waals surface area contributed by atoms with Crippen molar-refractivity contribution in [2.24, 2.45) is 0 Å². The zero-order valence-electron chi connectivity index (χ0n) is 20.6. The van der Waals surface area contributed by atoms with Gasteiger partial charge in [-0.25, -0.2) is 4.79 Å². The monoisotopic (exact) mass is 511 g/mol. The molecule has 8 nitrogen and oxygen atoms in total. The molecule has 0 spiro atoms. The van der Waals surface area contributed by atoms with Crippen LogP contribution in [0.1, 0.15) is 53.5 Å². The maximum atomic E-state index is 12.9. The summed E-state index contributed by atoms with van der Waals surface area (Å²) < 4.78 is 23.6. The van der Waals surface area contributed by atoms with Crippen LogP contribution in [0, 0.1) is 0 Å². The van der Waals surface area contributed by atoms with E-state index in [9.17, 15) is 14.4 Å². The van der Waals surface area contributed by atoms with Gasteiger partial charge in [0.1, 0.15) is 5.56 Å². The van der Waals surface area contributed by atoms with E-state index < -0.39 is 11.4 Å². The molecule has 0 amide bonds. The highest BCUT2D eigenvalue weighted by atomic mass is 32.1. The van der Waals surface area contributed by atoms with E-state index in [1.54, 1.807) is 38.5 Å². The number of esters is 2. The molecule has 0 radical (unpaired) electrons. The van der Waals surface area contributed by atoms with Gasteiger partial charge in [0.2, 0.25) is 0 Å². The van der Waals surface area contributed by atoms with E-state index in [4.69, 9.17) is 18.9 Å². The van der Waals surface area contributed by atoms with Gasteiger partial charge in [0.25, 0.3) is 0 Å². The topological polar surface area (TPSA) is 93.1 Å². The molecule has 190 valence electrons. The van der Waals surface area contributed by atoms with Gasteiger partial charge in [-0.15, -0.1) is 11.3 Å². The van der Waals surface area contributed by atoms with Crippen LogP contribution >= 0.6 is 11.3 Å². The Morgan fingerprint density at radius 1 is 1.11 bits per heavy atom. The second kappa shape index (κ2) is 11.4. The SMILES string of the molecule is CCOC(=O)CCCOc1cc2c(cc1OC)-c1cc(=O)c(C(=O)OCC)cn1C(c1cccs1)C2. The van der Waals surface area contributed by atoms with Gasteiger partial charge in [0.05, 0.1) is 38.7 Å². The van der Waals surface area contributed by atoms with Crippen molar-refractivity contribution >= 4 is 23.3 Å². The first-order valence-electron chi connectivity index (χ1n) is 11.9. The zero-order valence-corrected chi connectivity index (χ0v) is 21.4. The molecule has 1 aliphatic rings. The van der Waals surface area contributed by atoms with Gasteiger partial charge in [-0.2, -0.15) is 0 Å². The number of ether oxygens (including phenoxy) is 4. The van der Waals surface area contributed by atoms with Crippen molar-refractivity contribution < 1.29 is 28.5 Å². The third-order valence-corrected chi connectivity index (χ3v) is 6.92. The highest BCUT2D eigenvalue weighted by molar-refractivity contribution is 7.10. The fourth-order valence-electron chi connectivity index (χ4n) is 4.32. The lowest BCUT2D eigenvalue weighted by Gasteiger charge is -2.31. The number of carbonyl (C=O) groups excluding carboxylic acids is 2. The molecule has 0 N–H and O–H groups in total. The van der Waals surface area contributed by atoms with Crippen LogP contribution < -0.4 is 14.9 Å². The number of rotatable bonds is 10. The molecule has 4 rings (SSSR count). The van der Waals surface area contributed by atoms with Gasteiger partial charge >= 0.3 is 11.9 Å². The third kappa shape index (κ3) is 5.31. The molecule has 2 aromatic heterocycles. The van der Waals surface area contributed by atoms with Crippen molar-refractivity contribution in [3.05, 3.63) is 68.1 Å². The van der Waals surface area contributed by atoms with Crippen molar-refractivity contribution in [3.8, 4) is 22.8 Å². The van der Waals surface area contributed by atoms with Crippen LogP contribution in [0.5, 0.6) is 11.5 Å². The van der Waals surface area contributed by atoms with Gasteiger partial charge in [-0.05, 0) is 55.8 Å². The van der Waals surface area contributed by atoms with Gasteiger partial charge in [-0.3, -0.25) is 9.59 Å². The Bertz CT molecular complexity index is 1300. The van der Waals surface area contributed by atoms with Crippen LogP contribution in [0.2, 0.25) is 0 Å². The average Bonchev–Trinajstić information content (AvgIpc) is 3.40. The van der Waals surface area contributed by atoms with Crippen LogP contribution in [0.15, 0.2) is 46.7 Å². The summed E-state index contributed by atoms with van der Waals surface area (Å²) in [4.78, 5) is 38.1. The van der Waals surface area contributed by atoms with Crippen LogP contribution in [0.4, 0.5) is 0 Å². The third-order valence-electron chi connectivity index (χ3n) is 5.95. The first-order valence-corrected chi connectivity index (χ1v) is 12.8. The van der Waals surface area contributed by atoms with Crippen molar-refractivity contribution in [3.63, 3.8) is 0 Å². The van der Waals surface area contributed by atoms with Gasteiger partial charge < -0.3 is 23.5 Å². The summed E-state index contributed by atoms with van der Waals surface area (Å²) in [7, 11) is 1.56. The highest BCUT2D eigenvalue weighted by Crippen LogP contribution is 2.43. The lowest BCUT2D eigenvalue weighted by molar-refractivity contribution is -0.143. The van der Waals surface area contributed by atoms with Crippen LogP contribution in [-0.2, 0) is 20.7 Å². The summed E-state index contributed by atoms with van der Waals surface area (Å²) >= 11 is 1.62. The highest BCUT2D eigenvalue weighted by Gasteiger charge is 2.29. The lowest BCUT2D eigenvalue weighted by atomic mass is 9.91. The molecule has 0 fully saturated rings. The van der Waals surface area contributed by atoms with Gasteiger partial charge in [-0.1, -0.05) is 6.07 Å². The first kappa shape index (κ1) is 25.5. The van der Waals surface area contributed by atoms with E-state index in [-0.39, 0.29) is 30.6 Å². The van der Waals surface area contributed by atoms with Gasteiger partial charge in [0, 0.05) is 29.1 Å². The number of hydrogen-bond acceptors (Lipinski definition) is 8. The van der Waals surface area contributed by atoms with Crippen molar-refractivity contribution in [2.75, 3.05) is 26.9 Å². The number of hydrogen-bond donors (Lipinski definition) is 0. The quantitative estimate of drug-likeness (QED) is 0.289. The average molecular weight is 512 g/mol. The summed E-state index contributed by atoms with van der Waals surface area (Å²) in [5.74, 6) is 0.219. The summed E-state index contributed by atoms with van der Waals surface area (Å²) in [5, 5.41) is 2.01. The molecule has 36 heavy (non-hydrogen) atoms. The standard InChI is InChI=1S/C27H29NO7S/c1-4-33-26(30)9-6-10-35-24-13-17-12-21(25-8-7-11-36-25)28-16-19(27(31)34-5-2)22(29)15-20(28)18(17)14-23(24)32-3/h7-8,11,13-16,21H,4-6,9-10,12H2,1-3H3. The summed E-state index contributed by atoms with van der Waals surface area (Å²) in [6.07, 6.45) is 3.04. The molecule has 9 heteroatoms. The fraction of sp³-hybridized carbons (Fsp3) is 0.370. The minimum Gasteiger partial charge on any atom is -0.493 e. The second-order valence-electron chi connectivity index (χ2n) is 8.22.